The van der Waals surface area contributed by atoms with Gasteiger partial charge in [-0.15, -0.1) is 0 Å². The number of anilines is 2. The second kappa shape index (κ2) is 9.44. The number of carbonyl (C=O) groups is 1. The molecule has 1 aromatic heterocycles. The van der Waals surface area contributed by atoms with Gasteiger partial charge in [0.1, 0.15) is 11.6 Å². The van der Waals surface area contributed by atoms with Crippen molar-refractivity contribution in [1.29, 1.82) is 0 Å². The van der Waals surface area contributed by atoms with E-state index in [2.05, 4.69) is 5.32 Å². The average molecular weight is 453 g/mol. The van der Waals surface area contributed by atoms with E-state index in [4.69, 9.17) is 0 Å². The van der Waals surface area contributed by atoms with Crippen LogP contribution in [0.25, 0.3) is 0 Å². The lowest BCUT2D eigenvalue weighted by Gasteiger charge is -2.41. The van der Waals surface area contributed by atoms with E-state index in [1.165, 1.54) is 28.8 Å². The van der Waals surface area contributed by atoms with E-state index >= 15 is 0 Å². The topological polar surface area (TPSA) is 57.6 Å². The second-order valence-electron chi connectivity index (χ2n) is 8.29. The van der Waals surface area contributed by atoms with Crippen LogP contribution in [-0.2, 0) is 6.54 Å². The Bertz CT molecular complexity index is 1230. The summed E-state index contributed by atoms with van der Waals surface area (Å²) < 4.78 is 29.7. The number of nitrogens with zero attached hydrogens (tertiary/aromatic N) is 3. The van der Waals surface area contributed by atoms with Crippen molar-refractivity contribution >= 4 is 17.4 Å². The molecule has 0 spiro atoms. The fraction of sp³-hybridized carbons (Fsp3) is 0.280. The minimum Gasteiger partial charge on any atom is -0.368 e. The number of piperazine rings is 1. The lowest BCUT2D eigenvalue weighted by molar-refractivity contribution is 0.185. The Balaban J connectivity index is 1.49. The molecule has 0 bridgehead atoms. The minimum atomic E-state index is -0.495. The molecule has 1 fully saturated rings. The highest BCUT2D eigenvalue weighted by Gasteiger charge is 2.28. The Morgan fingerprint density at radius 3 is 2.64 bits per heavy atom. The normalized spacial score (nSPS) is 16.1. The number of rotatable bonds is 4. The van der Waals surface area contributed by atoms with Crippen LogP contribution < -0.4 is 15.8 Å². The van der Waals surface area contributed by atoms with Crippen molar-refractivity contribution < 1.29 is 13.6 Å². The van der Waals surface area contributed by atoms with Crippen molar-refractivity contribution in [3.05, 3.63) is 93.9 Å². The first-order chi connectivity index (χ1) is 15.8. The molecule has 1 atom stereocenters. The largest absolute Gasteiger partial charge is 0.368 e. The fourth-order valence-electron chi connectivity index (χ4n) is 4.14. The maximum atomic E-state index is 14.7. The average Bonchev–Trinajstić information content (AvgIpc) is 2.78. The van der Waals surface area contributed by atoms with Gasteiger partial charge in [0, 0.05) is 48.7 Å². The summed E-state index contributed by atoms with van der Waals surface area (Å²) in [7, 11) is 0. The van der Waals surface area contributed by atoms with Gasteiger partial charge in [0.05, 0.1) is 12.2 Å². The lowest BCUT2D eigenvalue weighted by atomic mass is 10.1. The van der Waals surface area contributed by atoms with Gasteiger partial charge in [0.25, 0.3) is 5.56 Å². The number of hydrogen-bond donors (Lipinski definition) is 1. The maximum Gasteiger partial charge on any atom is 0.322 e. The fourth-order valence-corrected chi connectivity index (χ4v) is 4.14. The molecule has 6 nitrogen and oxygen atoms in total. The van der Waals surface area contributed by atoms with Crippen LogP contribution >= 0.6 is 0 Å². The molecule has 172 valence electrons. The molecular formula is C25H26F2N4O2. The summed E-state index contributed by atoms with van der Waals surface area (Å²) in [4.78, 5) is 29.2. The number of hydrogen-bond acceptors (Lipinski definition) is 3. The maximum absolute atomic E-state index is 14.7. The summed E-state index contributed by atoms with van der Waals surface area (Å²) in [5.74, 6) is -0.795. The molecule has 1 aliphatic heterocycles. The summed E-state index contributed by atoms with van der Waals surface area (Å²) in [5, 5.41) is 2.82. The van der Waals surface area contributed by atoms with Crippen molar-refractivity contribution in [3.63, 3.8) is 0 Å². The Morgan fingerprint density at radius 2 is 1.88 bits per heavy atom. The van der Waals surface area contributed by atoms with E-state index in [1.807, 2.05) is 17.9 Å². The summed E-state index contributed by atoms with van der Waals surface area (Å²) >= 11 is 0. The number of pyridine rings is 1. The highest BCUT2D eigenvalue weighted by molar-refractivity contribution is 5.90. The first kappa shape index (κ1) is 22.5. The Hall–Kier alpha value is -3.68. The Morgan fingerprint density at radius 1 is 1.09 bits per heavy atom. The number of halogens is 2. The first-order valence-electron chi connectivity index (χ1n) is 10.8. The smallest absolute Gasteiger partial charge is 0.322 e. The van der Waals surface area contributed by atoms with Crippen LogP contribution in [0.4, 0.5) is 25.0 Å². The van der Waals surface area contributed by atoms with Crippen molar-refractivity contribution in [1.82, 2.24) is 9.47 Å². The van der Waals surface area contributed by atoms with Gasteiger partial charge in [-0.25, -0.2) is 13.6 Å². The second-order valence-corrected chi connectivity index (χ2v) is 8.29. The van der Waals surface area contributed by atoms with Crippen LogP contribution in [0.3, 0.4) is 0 Å². The molecule has 0 radical (unpaired) electrons. The van der Waals surface area contributed by atoms with Crippen molar-refractivity contribution in [2.75, 3.05) is 29.9 Å². The van der Waals surface area contributed by atoms with E-state index in [0.717, 1.165) is 5.69 Å². The van der Waals surface area contributed by atoms with Gasteiger partial charge < -0.3 is 19.7 Å². The molecule has 4 rings (SSSR count). The number of carbonyl (C=O) groups excluding carboxylic acids is 1. The predicted octanol–water partition coefficient (Wildman–Crippen LogP) is 4.23. The molecule has 2 amide bonds. The molecule has 2 heterocycles. The van der Waals surface area contributed by atoms with E-state index in [0.29, 0.717) is 30.9 Å². The van der Waals surface area contributed by atoms with Gasteiger partial charge in [0.2, 0.25) is 0 Å². The zero-order valence-electron chi connectivity index (χ0n) is 18.6. The molecule has 0 saturated carbocycles. The van der Waals surface area contributed by atoms with Crippen LogP contribution in [0.5, 0.6) is 0 Å². The molecule has 8 heteroatoms. The molecule has 1 N–H and O–H groups in total. The first-order valence-corrected chi connectivity index (χ1v) is 10.8. The predicted molar refractivity (Wildman–Crippen MR) is 125 cm³/mol. The molecule has 3 aromatic rings. The van der Waals surface area contributed by atoms with Gasteiger partial charge in [0.15, 0.2) is 0 Å². The van der Waals surface area contributed by atoms with Crippen molar-refractivity contribution in [2.24, 2.45) is 0 Å². The number of nitrogens with one attached hydrogen (secondary N) is 1. The van der Waals surface area contributed by atoms with Gasteiger partial charge in [-0.2, -0.15) is 0 Å². The summed E-state index contributed by atoms with van der Waals surface area (Å²) in [6.07, 6.45) is 1.60. The highest BCUT2D eigenvalue weighted by atomic mass is 19.1. The Kier molecular flexibility index (Phi) is 6.44. The minimum absolute atomic E-state index is 0.00566. The molecule has 2 aromatic carbocycles. The van der Waals surface area contributed by atoms with Crippen molar-refractivity contribution in [2.45, 2.75) is 26.4 Å². The number of aromatic nitrogens is 1. The quantitative estimate of drug-likeness (QED) is 0.645. The molecule has 1 aliphatic rings. The zero-order chi connectivity index (χ0) is 23.5. The summed E-state index contributed by atoms with van der Waals surface area (Å²) in [6.45, 7) is 5.16. The van der Waals surface area contributed by atoms with Gasteiger partial charge in [-0.3, -0.25) is 4.79 Å². The molecule has 1 saturated heterocycles. The van der Waals surface area contributed by atoms with Crippen LogP contribution in [0.1, 0.15) is 18.1 Å². The Labute approximate surface area is 191 Å². The van der Waals surface area contributed by atoms with Crippen LogP contribution in [0.2, 0.25) is 0 Å². The highest BCUT2D eigenvalue weighted by Crippen LogP contribution is 2.23. The molecule has 0 aliphatic carbocycles. The third-order valence-corrected chi connectivity index (χ3v) is 5.96. The zero-order valence-corrected chi connectivity index (χ0v) is 18.6. The molecular weight excluding hydrogens is 426 g/mol. The standard InChI is InChI=1S/C25H26F2N4O2/c1-17-6-5-11-30(24(17)32)16-21-22(27)9-4-10-23(21)28-25(33)31-13-12-29(15-18(31)2)20-8-3-7-19(26)14-20/h3-11,14,18H,12-13,15-16H2,1-2H3,(H,28,33). The third-order valence-electron chi connectivity index (χ3n) is 5.96. The number of urea groups is 1. The summed E-state index contributed by atoms with van der Waals surface area (Å²) in [6, 6.07) is 13.8. The van der Waals surface area contributed by atoms with Gasteiger partial charge in [-0.1, -0.05) is 18.2 Å². The lowest BCUT2D eigenvalue weighted by Crippen LogP contribution is -2.55. The van der Waals surface area contributed by atoms with E-state index in [9.17, 15) is 18.4 Å². The van der Waals surface area contributed by atoms with Crippen LogP contribution in [0, 0.1) is 18.6 Å². The molecule has 1 unspecified atom stereocenters. The SMILES string of the molecule is Cc1cccn(Cc2c(F)cccc2NC(=O)N2CCN(c3cccc(F)c3)CC2C)c1=O. The summed E-state index contributed by atoms with van der Waals surface area (Å²) in [5.41, 5.74) is 1.69. The van der Waals surface area contributed by atoms with E-state index in [-0.39, 0.29) is 35.6 Å². The van der Waals surface area contributed by atoms with Gasteiger partial charge >= 0.3 is 6.03 Å². The van der Waals surface area contributed by atoms with E-state index in [1.54, 1.807) is 42.3 Å². The van der Waals surface area contributed by atoms with Crippen molar-refractivity contribution in [3.8, 4) is 0 Å². The van der Waals surface area contributed by atoms with E-state index < -0.39 is 5.82 Å². The monoisotopic (exact) mass is 452 g/mol. The third kappa shape index (κ3) is 4.89. The molecule has 33 heavy (non-hydrogen) atoms. The van der Waals surface area contributed by atoms with Crippen LogP contribution in [0.15, 0.2) is 65.6 Å². The number of benzene rings is 2. The number of amides is 2. The van der Waals surface area contributed by atoms with Crippen LogP contribution in [-0.4, -0.2) is 41.2 Å². The van der Waals surface area contributed by atoms with Gasteiger partial charge in [-0.05, 0) is 50.2 Å². The number of aryl methyl sites for hydroxylation is 1.